The van der Waals surface area contributed by atoms with E-state index in [0.29, 0.717) is 12.3 Å². The van der Waals surface area contributed by atoms with Crippen molar-refractivity contribution in [2.24, 2.45) is 10.7 Å². The van der Waals surface area contributed by atoms with E-state index in [9.17, 15) is 26.7 Å². The Bertz CT molecular complexity index is 951. The lowest BCUT2D eigenvalue weighted by molar-refractivity contribution is -0.0831. The van der Waals surface area contributed by atoms with Crippen LogP contribution >= 0.6 is 0 Å². The molecule has 0 saturated carbocycles. The first-order chi connectivity index (χ1) is 13.2. The molecule has 1 atom stereocenters. The van der Waals surface area contributed by atoms with Crippen LogP contribution in [0.15, 0.2) is 35.5 Å². The van der Waals surface area contributed by atoms with E-state index in [4.69, 9.17) is 10.5 Å². The molecule has 11 heteroatoms. The summed E-state index contributed by atoms with van der Waals surface area (Å²) in [6.45, 7) is -1.36. The second kappa shape index (κ2) is 7.50. The van der Waals surface area contributed by atoms with E-state index in [0.717, 1.165) is 18.2 Å². The van der Waals surface area contributed by atoms with Gasteiger partial charge in [-0.25, -0.2) is 26.9 Å². The Morgan fingerprint density at radius 2 is 1.96 bits per heavy atom. The molecule has 1 aromatic heterocycles. The number of pyridine rings is 1. The zero-order chi connectivity index (χ0) is 20.5. The van der Waals surface area contributed by atoms with E-state index >= 15 is 0 Å². The third-order valence-electron chi connectivity index (χ3n) is 3.81. The number of nitrogens with zero attached hydrogens (tertiary/aromatic N) is 2. The third kappa shape index (κ3) is 4.09. The van der Waals surface area contributed by atoms with Gasteiger partial charge in [0.25, 0.3) is 11.8 Å². The number of halogens is 5. The van der Waals surface area contributed by atoms with Crippen molar-refractivity contribution >= 4 is 17.4 Å². The molecule has 0 spiro atoms. The summed E-state index contributed by atoms with van der Waals surface area (Å²) in [5.41, 5.74) is 4.09. The number of hydrogen-bond acceptors (Lipinski definition) is 5. The van der Waals surface area contributed by atoms with Crippen LogP contribution in [0.3, 0.4) is 0 Å². The van der Waals surface area contributed by atoms with Crippen molar-refractivity contribution in [3.8, 4) is 0 Å². The number of alkyl halides is 2. The number of nitrogens with two attached hydrogens (primary N) is 1. The zero-order valence-corrected chi connectivity index (χ0v) is 14.1. The summed E-state index contributed by atoms with van der Waals surface area (Å²) in [5.74, 6) is -8.08. The molecule has 0 radical (unpaired) electrons. The first-order valence-corrected chi connectivity index (χ1v) is 7.87. The van der Waals surface area contributed by atoms with Crippen LogP contribution in [0.4, 0.5) is 27.6 Å². The van der Waals surface area contributed by atoms with Crippen molar-refractivity contribution in [3.63, 3.8) is 0 Å². The summed E-state index contributed by atoms with van der Waals surface area (Å²) >= 11 is 0. The van der Waals surface area contributed by atoms with Crippen molar-refractivity contribution < 1.29 is 31.5 Å². The van der Waals surface area contributed by atoms with Gasteiger partial charge in [-0.3, -0.25) is 9.79 Å². The average molecular weight is 400 g/mol. The molecule has 0 aliphatic carbocycles. The number of amidine groups is 1. The second-order valence-corrected chi connectivity index (χ2v) is 5.95. The highest BCUT2D eigenvalue weighted by atomic mass is 19.3. The molecule has 2 aromatic rings. The van der Waals surface area contributed by atoms with E-state index in [1.165, 1.54) is 0 Å². The smallest absolute Gasteiger partial charge is 0.297 e. The van der Waals surface area contributed by atoms with Crippen LogP contribution in [0.25, 0.3) is 0 Å². The van der Waals surface area contributed by atoms with E-state index in [2.05, 4.69) is 15.3 Å². The normalized spacial score (nSPS) is 18.9. The first kappa shape index (κ1) is 19.7. The van der Waals surface area contributed by atoms with Crippen molar-refractivity contribution in [3.05, 3.63) is 59.2 Å². The van der Waals surface area contributed by atoms with Crippen LogP contribution in [0, 0.1) is 17.5 Å². The number of anilines is 1. The van der Waals surface area contributed by atoms with Crippen LogP contribution in [-0.4, -0.2) is 35.9 Å². The minimum Gasteiger partial charge on any atom is -0.386 e. The number of carbonyl (C=O) groups is 1. The molecule has 1 aliphatic heterocycles. The maximum Gasteiger partial charge on any atom is 0.297 e. The summed E-state index contributed by atoms with van der Waals surface area (Å²) in [6, 6.07) is 1.33. The van der Waals surface area contributed by atoms with Gasteiger partial charge in [-0.05, 0) is 18.2 Å². The molecular formula is C17H13F5N4O2. The molecule has 0 saturated heterocycles. The van der Waals surface area contributed by atoms with Gasteiger partial charge in [-0.2, -0.15) is 0 Å². The molecule has 6 nitrogen and oxygen atoms in total. The number of rotatable bonds is 3. The molecule has 3 N–H and O–H groups in total. The number of aliphatic imine (C=N–C) groups is 1. The van der Waals surface area contributed by atoms with E-state index in [1.807, 2.05) is 0 Å². The van der Waals surface area contributed by atoms with Crippen LogP contribution in [0.5, 0.6) is 0 Å². The predicted molar refractivity (Wildman–Crippen MR) is 88.6 cm³/mol. The zero-order valence-electron chi connectivity index (χ0n) is 14.1. The number of carbonyl (C=O) groups excluding carboxylic acids is 1. The van der Waals surface area contributed by atoms with Crippen molar-refractivity contribution in [1.29, 1.82) is 0 Å². The number of amides is 1. The lowest BCUT2D eigenvalue weighted by atomic mass is 10.00. The summed E-state index contributed by atoms with van der Waals surface area (Å²) in [4.78, 5) is 19.1. The fourth-order valence-electron chi connectivity index (χ4n) is 2.57. The van der Waals surface area contributed by atoms with Gasteiger partial charge in [-0.15, -0.1) is 0 Å². The number of aromatic nitrogens is 1. The quantitative estimate of drug-likeness (QED) is 0.776. The lowest BCUT2D eigenvalue weighted by Crippen LogP contribution is -2.30. The van der Waals surface area contributed by atoms with Gasteiger partial charge < -0.3 is 15.8 Å². The molecule has 148 valence electrons. The Morgan fingerprint density at radius 3 is 2.68 bits per heavy atom. The first-order valence-electron chi connectivity index (χ1n) is 7.87. The van der Waals surface area contributed by atoms with Crippen molar-refractivity contribution in [1.82, 2.24) is 4.98 Å². The second-order valence-electron chi connectivity index (χ2n) is 5.95. The van der Waals surface area contributed by atoms with Crippen LogP contribution in [0.1, 0.15) is 22.1 Å². The van der Waals surface area contributed by atoms with E-state index < -0.39 is 53.2 Å². The van der Waals surface area contributed by atoms with Gasteiger partial charge in [0.05, 0.1) is 6.20 Å². The molecule has 0 fully saturated rings. The van der Waals surface area contributed by atoms with Gasteiger partial charge in [0, 0.05) is 17.3 Å². The molecule has 3 rings (SSSR count). The maximum atomic E-state index is 14.3. The van der Waals surface area contributed by atoms with Crippen LogP contribution < -0.4 is 11.1 Å². The minimum absolute atomic E-state index is 0.123. The number of benzene rings is 1. The van der Waals surface area contributed by atoms with Gasteiger partial charge in [0.2, 0.25) is 0 Å². The molecule has 0 bridgehead atoms. The lowest BCUT2D eigenvalue weighted by Gasteiger charge is -2.22. The van der Waals surface area contributed by atoms with Gasteiger partial charge >= 0.3 is 0 Å². The molecule has 1 unspecified atom stereocenters. The van der Waals surface area contributed by atoms with Crippen molar-refractivity contribution in [2.45, 2.75) is 12.0 Å². The number of nitrogens with one attached hydrogen (secondary N) is 1. The SMILES string of the molecule is NC1=NC(c2cc(NC(=O)c3ncc(F)cc3F)ccc2F)C(F)(F)COC1. The highest BCUT2D eigenvalue weighted by Gasteiger charge is 2.44. The summed E-state index contributed by atoms with van der Waals surface area (Å²) in [6.07, 6.45) is 0.637. The molecule has 28 heavy (non-hydrogen) atoms. The molecule has 1 amide bonds. The van der Waals surface area contributed by atoms with Crippen LogP contribution in [-0.2, 0) is 4.74 Å². The number of ether oxygens (including phenoxy) is 1. The Labute approximate surface area is 155 Å². The van der Waals surface area contributed by atoms with E-state index in [-0.39, 0.29) is 18.1 Å². The monoisotopic (exact) mass is 400 g/mol. The standard InChI is InChI=1S/C17H13F5N4O2/c18-8-3-12(20)14(24-5-8)16(27)25-9-1-2-11(19)10(4-9)15-17(21,22)7-28-6-13(23)26-15/h1-5,15H,6-7H2,(H2,23,26)(H,25,27). The average Bonchev–Trinajstić information content (AvgIpc) is 2.74. The molecular weight excluding hydrogens is 387 g/mol. The highest BCUT2D eigenvalue weighted by molar-refractivity contribution is 6.03. The number of hydrogen-bond donors (Lipinski definition) is 2. The summed E-state index contributed by atoms with van der Waals surface area (Å²) < 4.78 is 74.0. The Kier molecular flexibility index (Phi) is 5.27. The Hall–Kier alpha value is -3.08. The van der Waals surface area contributed by atoms with E-state index in [1.54, 1.807) is 0 Å². The predicted octanol–water partition coefficient (Wildman–Crippen LogP) is 2.82. The fraction of sp³-hybridized carbons (Fsp3) is 0.235. The van der Waals surface area contributed by atoms with Gasteiger partial charge in [0.15, 0.2) is 11.5 Å². The fourth-order valence-corrected chi connectivity index (χ4v) is 2.57. The summed E-state index contributed by atoms with van der Waals surface area (Å²) in [7, 11) is 0. The molecule has 2 heterocycles. The Balaban J connectivity index is 1.93. The molecule has 1 aromatic carbocycles. The highest BCUT2D eigenvalue weighted by Crippen LogP contribution is 2.38. The minimum atomic E-state index is -3.56. The third-order valence-corrected chi connectivity index (χ3v) is 3.81. The maximum absolute atomic E-state index is 14.3. The van der Waals surface area contributed by atoms with Gasteiger partial charge in [0.1, 0.15) is 36.7 Å². The topological polar surface area (TPSA) is 89.6 Å². The van der Waals surface area contributed by atoms with Gasteiger partial charge in [-0.1, -0.05) is 0 Å². The molecule has 1 aliphatic rings. The summed E-state index contributed by atoms with van der Waals surface area (Å²) in [5, 5.41) is 2.19. The largest absolute Gasteiger partial charge is 0.386 e. The van der Waals surface area contributed by atoms with Crippen LogP contribution in [0.2, 0.25) is 0 Å². The Morgan fingerprint density at radius 1 is 1.21 bits per heavy atom. The van der Waals surface area contributed by atoms with Crippen molar-refractivity contribution in [2.75, 3.05) is 18.5 Å².